The number of ether oxygens (including phenoxy) is 1. The minimum absolute atomic E-state index is 0.0189. The number of rotatable bonds is 1. The summed E-state index contributed by atoms with van der Waals surface area (Å²) < 4.78 is 5.25. The lowest BCUT2D eigenvalue weighted by molar-refractivity contribution is 0.0294. The molecule has 134 valence electrons. The number of H-pyrrole nitrogens is 1. The van der Waals surface area contributed by atoms with Crippen LogP contribution in [0.25, 0.3) is 0 Å². The number of hydrogen-bond acceptors (Lipinski definition) is 5. The van der Waals surface area contributed by atoms with Crippen LogP contribution in [-0.4, -0.2) is 71.6 Å². The van der Waals surface area contributed by atoms with E-state index in [-0.39, 0.29) is 29.4 Å². The largest absolute Gasteiger partial charge is 0.378 e. The number of carbonyl (C=O) groups is 2. The number of anilines is 1. The predicted octanol–water partition coefficient (Wildman–Crippen LogP) is 0.339. The molecular formula is C16H21N5O4. The van der Waals surface area contributed by atoms with Crippen molar-refractivity contribution in [2.24, 2.45) is 0 Å². The number of urea groups is 1. The molecule has 1 aromatic rings. The fourth-order valence-electron chi connectivity index (χ4n) is 3.79. The standard InChI is InChI=1S/C16H21N5O4/c1-19-13-11(10-4-2-3-5-21(10)16(19)24)14(22)18-12(17-13)15(23)20-6-8-25-9-7-20/h10H,2-9H2,1H3,(H,17,18,22). The van der Waals surface area contributed by atoms with Crippen molar-refractivity contribution in [1.82, 2.24) is 19.8 Å². The summed E-state index contributed by atoms with van der Waals surface area (Å²) in [5.74, 6) is -0.0572. The summed E-state index contributed by atoms with van der Waals surface area (Å²) in [6.07, 6.45) is 2.64. The van der Waals surface area contributed by atoms with Crippen molar-refractivity contribution >= 4 is 17.8 Å². The normalized spacial score (nSPS) is 23.3. The number of aromatic amines is 1. The van der Waals surface area contributed by atoms with Crippen LogP contribution in [0.4, 0.5) is 10.6 Å². The Morgan fingerprint density at radius 3 is 2.72 bits per heavy atom. The highest BCUT2D eigenvalue weighted by Gasteiger charge is 2.40. The molecule has 0 aliphatic carbocycles. The molecule has 0 spiro atoms. The fraction of sp³-hybridized carbons (Fsp3) is 0.625. The second-order valence-corrected chi connectivity index (χ2v) is 6.60. The van der Waals surface area contributed by atoms with E-state index < -0.39 is 0 Å². The highest BCUT2D eigenvalue weighted by Crippen LogP contribution is 2.38. The van der Waals surface area contributed by atoms with Gasteiger partial charge in [-0.3, -0.25) is 14.5 Å². The van der Waals surface area contributed by atoms with Crippen LogP contribution in [0.3, 0.4) is 0 Å². The average molecular weight is 347 g/mol. The number of nitrogens with one attached hydrogen (secondary N) is 1. The number of piperidine rings is 1. The minimum Gasteiger partial charge on any atom is -0.378 e. The molecule has 9 nitrogen and oxygen atoms in total. The van der Waals surface area contributed by atoms with Crippen molar-refractivity contribution < 1.29 is 14.3 Å². The van der Waals surface area contributed by atoms with E-state index in [1.807, 2.05) is 0 Å². The van der Waals surface area contributed by atoms with Crippen molar-refractivity contribution in [2.45, 2.75) is 25.3 Å². The lowest BCUT2D eigenvalue weighted by atomic mass is 9.94. The second-order valence-electron chi connectivity index (χ2n) is 6.60. The van der Waals surface area contributed by atoms with E-state index in [1.165, 1.54) is 4.90 Å². The Balaban J connectivity index is 1.75. The van der Waals surface area contributed by atoms with Crippen LogP contribution >= 0.6 is 0 Å². The van der Waals surface area contributed by atoms with Crippen LogP contribution in [0.1, 0.15) is 41.5 Å². The van der Waals surface area contributed by atoms with Crippen molar-refractivity contribution in [3.63, 3.8) is 0 Å². The van der Waals surface area contributed by atoms with Gasteiger partial charge in [-0.05, 0) is 19.3 Å². The first kappa shape index (κ1) is 16.1. The number of carbonyl (C=O) groups excluding carboxylic acids is 2. The quantitative estimate of drug-likeness (QED) is 0.790. The van der Waals surface area contributed by atoms with Crippen LogP contribution in [0, 0.1) is 0 Å². The molecule has 3 aliphatic rings. The van der Waals surface area contributed by atoms with Crippen LogP contribution < -0.4 is 10.5 Å². The highest BCUT2D eigenvalue weighted by molar-refractivity contribution is 5.95. The number of morpholine rings is 1. The van der Waals surface area contributed by atoms with Crippen molar-refractivity contribution in [1.29, 1.82) is 0 Å². The van der Waals surface area contributed by atoms with E-state index in [0.717, 1.165) is 19.3 Å². The summed E-state index contributed by atoms with van der Waals surface area (Å²) in [6.45, 7) is 2.50. The van der Waals surface area contributed by atoms with E-state index in [2.05, 4.69) is 9.97 Å². The third-order valence-electron chi connectivity index (χ3n) is 5.12. The zero-order valence-electron chi connectivity index (χ0n) is 14.2. The third-order valence-corrected chi connectivity index (χ3v) is 5.12. The lowest BCUT2D eigenvalue weighted by Crippen LogP contribution is -2.52. The molecule has 4 heterocycles. The summed E-state index contributed by atoms with van der Waals surface area (Å²) in [6, 6.07) is -0.420. The van der Waals surface area contributed by atoms with Gasteiger partial charge in [-0.1, -0.05) is 0 Å². The highest BCUT2D eigenvalue weighted by atomic mass is 16.5. The molecule has 0 saturated carbocycles. The van der Waals surface area contributed by atoms with E-state index >= 15 is 0 Å². The molecular weight excluding hydrogens is 326 g/mol. The Morgan fingerprint density at radius 1 is 1.20 bits per heavy atom. The van der Waals surface area contributed by atoms with E-state index in [0.29, 0.717) is 44.2 Å². The molecule has 3 aliphatic heterocycles. The topological polar surface area (TPSA) is 98.8 Å². The lowest BCUT2D eigenvalue weighted by Gasteiger charge is -2.42. The van der Waals surface area contributed by atoms with Crippen molar-refractivity contribution in [3.8, 4) is 0 Å². The number of fused-ring (bicyclic) bond motifs is 3. The number of nitrogens with zero attached hydrogens (tertiary/aromatic N) is 4. The first-order valence-electron chi connectivity index (χ1n) is 8.63. The van der Waals surface area contributed by atoms with Crippen LogP contribution in [-0.2, 0) is 4.74 Å². The molecule has 2 saturated heterocycles. The van der Waals surface area contributed by atoms with Gasteiger partial charge in [0.1, 0.15) is 5.82 Å². The van der Waals surface area contributed by atoms with Gasteiger partial charge in [-0.25, -0.2) is 9.78 Å². The number of amides is 3. The molecule has 3 amide bonds. The summed E-state index contributed by atoms with van der Waals surface area (Å²) in [7, 11) is 1.60. The monoisotopic (exact) mass is 347 g/mol. The second kappa shape index (κ2) is 6.14. The van der Waals surface area contributed by atoms with E-state index in [4.69, 9.17) is 4.74 Å². The summed E-state index contributed by atoms with van der Waals surface area (Å²) in [5, 5.41) is 0. The maximum atomic E-state index is 12.7. The minimum atomic E-state index is -0.338. The Labute approximate surface area is 144 Å². The molecule has 1 unspecified atom stereocenters. The Hall–Kier alpha value is -2.42. The van der Waals surface area contributed by atoms with E-state index in [9.17, 15) is 14.4 Å². The van der Waals surface area contributed by atoms with Gasteiger partial charge in [-0.15, -0.1) is 0 Å². The van der Waals surface area contributed by atoms with Crippen molar-refractivity contribution in [3.05, 3.63) is 21.7 Å². The predicted molar refractivity (Wildman–Crippen MR) is 88.7 cm³/mol. The Morgan fingerprint density at radius 2 is 1.96 bits per heavy atom. The van der Waals surface area contributed by atoms with Crippen molar-refractivity contribution in [2.75, 3.05) is 44.8 Å². The van der Waals surface area contributed by atoms with Crippen LogP contribution in [0.2, 0.25) is 0 Å². The Bertz CT molecular complexity index is 770. The molecule has 0 aromatic carbocycles. The fourth-order valence-corrected chi connectivity index (χ4v) is 3.79. The summed E-state index contributed by atoms with van der Waals surface area (Å²) >= 11 is 0. The van der Waals surface area contributed by atoms with Gasteiger partial charge in [0.25, 0.3) is 11.5 Å². The van der Waals surface area contributed by atoms with Gasteiger partial charge >= 0.3 is 6.03 Å². The zero-order chi connectivity index (χ0) is 17.6. The molecule has 1 N–H and O–H groups in total. The summed E-state index contributed by atoms with van der Waals surface area (Å²) in [5.41, 5.74) is 0.151. The molecule has 0 radical (unpaired) electrons. The van der Waals surface area contributed by atoms with Crippen LogP contribution in [0.5, 0.6) is 0 Å². The Kier molecular flexibility index (Phi) is 3.95. The smallest absolute Gasteiger partial charge is 0.325 e. The van der Waals surface area contributed by atoms with Gasteiger partial charge in [0.15, 0.2) is 0 Å². The number of hydrogen-bond donors (Lipinski definition) is 1. The third kappa shape index (κ3) is 2.58. The zero-order valence-corrected chi connectivity index (χ0v) is 14.2. The maximum absolute atomic E-state index is 12.7. The molecule has 9 heteroatoms. The number of aromatic nitrogens is 2. The average Bonchev–Trinajstić information content (AvgIpc) is 2.65. The van der Waals surface area contributed by atoms with Gasteiger partial charge in [-0.2, -0.15) is 0 Å². The molecule has 2 fully saturated rings. The van der Waals surface area contributed by atoms with Gasteiger partial charge < -0.3 is 19.5 Å². The maximum Gasteiger partial charge on any atom is 0.325 e. The molecule has 4 rings (SSSR count). The SMILES string of the molecule is CN1C(=O)N2CCCCC2c2c1nc(C(=O)N1CCOCC1)[nH]c2=O. The van der Waals surface area contributed by atoms with Gasteiger partial charge in [0.05, 0.1) is 24.8 Å². The molecule has 25 heavy (non-hydrogen) atoms. The van der Waals surface area contributed by atoms with Crippen LogP contribution in [0.15, 0.2) is 4.79 Å². The van der Waals surface area contributed by atoms with E-state index in [1.54, 1.807) is 16.8 Å². The molecule has 1 aromatic heterocycles. The molecule has 1 atom stereocenters. The van der Waals surface area contributed by atoms with Gasteiger partial charge in [0.2, 0.25) is 5.82 Å². The molecule has 0 bridgehead atoms. The summed E-state index contributed by atoms with van der Waals surface area (Å²) in [4.78, 5) is 49.7. The first-order chi connectivity index (χ1) is 12.1. The van der Waals surface area contributed by atoms with Gasteiger partial charge in [0, 0.05) is 26.7 Å². The first-order valence-corrected chi connectivity index (χ1v) is 8.63.